The van der Waals surface area contributed by atoms with E-state index in [-0.39, 0.29) is 17.1 Å². The van der Waals surface area contributed by atoms with Crippen molar-refractivity contribution in [2.24, 2.45) is 0 Å². The first-order chi connectivity index (χ1) is 16.9. The van der Waals surface area contributed by atoms with E-state index in [9.17, 15) is 9.59 Å². The predicted octanol–water partition coefficient (Wildman–Crippen LogP) is 4.02. The second-order valence-electron chi connectivity index (χ2n) is 7.99. The molecule has 182 valence electrons. The number of nitrogens with zero attached hydrogens (tertiary/aromatic N) is 4. The number of hydrogen-bond acceptors (Lipinski definition) is 7. The smallest absolute Gasteiger partial charge is 0.300 e. The van der Waals surface area contributed by atoms with Gasteiger partial charge in [0, 0.05) is 24.1 Å². The van der Waals surface area contributed by atoms with Crippen molar-refractivity contribution in [1.29, 1.82) is 0 Å². The van der Waals surface area contributed by atoms with E-state index in [4.69, 9.17) is 9.47 Å². The van der Waals surface area contributed by atoms with Gasteiger partial charge in [0.05, 0.1) is 25.2 Å². The molecule has 4 rings (SSSR count). The zero-order valence-corrected chi connectivity index (χ0v) is 21.0. The lowest BCUT2D eigenvalue weighted by Gasteiger charge is -2.16. The van der Waals surface area contributed by atoms with E-state index in [1.165, 1.54) is 18.9 Å². The fraction of sp³-hybridized carbons (Fsp3) is 0.280. The van der Waals surface area contributed by atoms with Crippen molar-refractivity contribution < 1.29 is 14.3 Å². The molecule has 1 atom stereocenters. The van der Waals surface area contributed by atoms with Crippen molar-refractivity contribution in [2.45, 2.75) is 37.6 Å². The number of aryl methyl sites for hydroxylation is 2. The zero-order chi connectivity index (χ0) is 25.1. The molecule has 0 saturated heterocycles. The summed E-state index contributed by atoms with van der Waals surface area (Å²) in [4.78, 5) is 26.2. The van der Waals surface area contributed by atoms with Crippen LogP contribution < -0.4 is 20.3 Å². The molecule has 1 unspecified atom stereocenters. The Morgan fingerprint density at radius 1 is 1.06 bits per heavy atom. The summed E-state index contributed by atoms with van der Waals surface area (Å²) in [7, 11) is 3.10. The number of carbonyl (C=O) groups excluding carboxylic acids is 1. The van der Waals surface area contributed by atoms with Crippen molar-refractivity contribution in [3.63, 3.8) is 0 Å². The predicted molar refractivity (Wildman–Crippen MR) is 136 cm³/mol. The summed E-state index contributed by atoms with van der Waals surface area (Å²) in [6, 6.07) is 11.0. The standard InChI is InChI=1S/C25H27N5O4S/c1-6-21(23(31)26-19-10-9-18(33-4)14-20(19)34-5)35-25-28-27-22-24(32)29(11-12-30(22)25)17-8-7-15(2)16(3)13-17/h7-14,21H,6H2,1-5H3,(H,26,31). The third-order valence-corrected chi connectivity index (χ3v) is 7.11. The molecule has 10 heteroatoms. The summed E-state index contributed by atoms with van der Waals surface area (Å²) in [6.07, 6.45) is 3.98. The monoisotopic (exact) mass is 493 g/mol. The number of benzene rings is 2. The van der Waals surface area contributed by atoms with Crippen LogP contribution >= 0.6 is 11.8 Å². The molecule has 0 aliphatic heterocycles. The van der Waals surface area contributed by atoms with E-state index >= 15 is 0 Å². The number of nitrogens with one attached hydrogen (secondary N) is 1. The van der Waals surface area contributed by atoms with E-state index in [1.807, 2.05) is 39.0 Å². The van der Waals surface area contributed by atoms with Gasteiger partial charge in [-0.2, -0.15) is 0 Å². The number of thioether (sulfide) groups is 1. The SMILES string of the molecule is CCC(Sc1nnc2c(=O)n(-c3ccc(C)c(C)c3)ccn12)C(=O)Nc1ccc(OC)cc1OC. The number of methoxy groups -OCH3 is 2. The van der Waals surface area contributed by atoms with Crippen molar-refractivity contribution in [3.05, 3.63) is 70.3 Å². The second-order valence-corrected chi connectivity index (χ2v) is 9.16. The maximum Gasteiger partial charge on any atom is 0.300 e. The van der Waals surface area contributed by atoms with Crippen LogP contribution in [0.3, 0.4) is 0 Å². The maximum atomic E-state index is 13.1. The topological polar surface area (TPSA) is 99.8 Å². The summed E-state index contributed by atoms with van der Waals surface area (Å²) >= 11 is 1.25. The Morgan fingerprint density at radius 2 is 1.86 bits per heavy atom. The molecule has 2 aromatic heterocycles. The minimum absolute atomic E-state index is 0.195. The summed E-state index contributed by atoms with van der Waals surface area (Å²) in [5, 5.41) is 11.2. The lowest BCUT2D eigenvalue weighted by Crippen LogP contribution is -2.25. The molecule has 0 aliphatic rings. The van der Waals surface area contributed by atoms with E-state index < -0.39 is 5.25 Å². The number of fused-ring (bicyclic) bond motifs is 1. The van der Waals surface area contributed by atoms with Gasteiger partial charge >= 0.3 is 5.56 Å². The molecule has 0 spiro atoms. The first kappa shape index (κ1) is 24.3. The van der Waals surface area contributed by atoms with E-state index in [1.54, 1.807) is 46.7 Å². The molecule has 0 bridgehead atoms. The number of amides is 1. The Labute approximate surface area is 207 Å². The average molecular weight is 494 g/mol. The first-order valence-corrected chi connectivity index (χ1v) is 12.0. The highest BCUT2D eigenvalue weighted by Gasteiger charge is 2.23. The van der Waals surface area contributed by atoms with Crippen LogP contribution in [0.2, 0.25) is 0 Å². The molecule has 0 saturated carbocycles. The van der Waals surface area contributed by atoms with Crippen LogP contribution in [0.25, 0.3) is 11.3 Å². The van der Waals surface area contributed by atoms with Gasteiger partial charge in [-0.05, 0) is 55.7 Å². The van der Waals surface area contributed by atoms with Crippen LogP contribution in [0.4, 0.5) is 5.69 Å². The Hall–Kier alpha value is -3.79. The quantitative estimate of drug-likeness (QED) is 0.370. The largest absolute Gasteiger partial charge is 0.497 e. The number of ether oxygens (including phenoxy) is 2. The van der Waals surface area contributed by atoms with Crippen LogP contribution in [0.5, 0.6) is 11.5 Å². The normalized spacial score (nSPS) is 11.9. The van der Waals surface area contributed by atoms with Crippen LogP contribution in [0.1, 0.15) is 24.5 Å². The van der Waals surface area contributed by atoms with Gasteiger partial charge in [0.1, 0.15) is 11.5 Å². The molecule has 1 N–H and O–H groups in total. The number of aromatic nitrogens is 4. The zero-order valence-electron chi connectivity index (χ0n) is 20.2. The van der Waals surface area contributed by atoms with Crippen molar-refractivity contribution >= 4 is 29.0 Å². The minimum Gasteiger partial charge on any atom is -0.497 e. The Morgan fingerprint density at radius 3 is 2.54 bits per heavy atom. The molecule has 2 heterocycles. The first-order valence-electron chi connectivity index (χ1n) is 11.1. The molecule has 0 fully saturated rings. The molecule has 2 aromatic carbocycles. The fourth-order valence-corrected chi connectivity index (χ4v) is 4.53. The number of rotatable bonds is 8. The molecular formula is C25H27N5O4S. The molecule has 9 nitrogen and oxygen atoms in total. The summed E-state index contributed by atoms with van der Waals surface area (Å²) in [5.41, 5.74) is 3.46. The average Bonchev–Trinajstić information content (AvgIpc) is 3.28. The molecule has 4 aromatic rings. The highest BCUT2D eigenvalue weighted by molar-refractivity contribution is 8.00. The van der Waals surface area contributed by atoms with Gasteiger partial charge in [0.25, 0.3) is 0 Å². The van der Waals surface area contributed by atoms with E-state index in [2.05, 4.69) is 15.5 Å². The lowest BCUT2D eigenvalue weighted by atomic mass is 10.1. The summed E-state index contributed by atoms with van der Waals surface area (Å²) < 4.78 is 13.8. The highest BCUT2D eigenvalue weighted by Crippen LogP contribution is 2.31. The lowest BCUT2D eigenvalue weighted by molar-refractivity contribution is -0.115. The van der Waals surface area contributed by atoms with Crippen LogP contribution in [0, 0.1) is 13.8 Å². The molecule has 35 heavy (non-hydrogen) atoms. The molecular weight excluding hydrogens is 466 g/mol. The summed E-state index contributed by atoms with van der Waals surface area (Å²) in [6.45, 7) is 5.95. The highest BCUT2D eigenvalue weighted by atomic mass is 32.2. The summed E-state index contributed by atoms with van der Waals surface area (Å²) in [5.74, 6) is 0.918. The number of hydrogen-bond donors (Lipinski definition) is 1. The molecule has 0 radical (unpaired) electrons. The number of anilines is 1. The minimum atomic E-state index is -0.462. The van der Waals surface area contributed by atoms with Gasteiger partial charge in [-0.3, -0.25) is 18.6 Å². The van der Waals surface area contributed by atoms with E-state index in [0.717, 1.165) is 16.8 Å². The fourth-order valence-electron chi connectivity index (χ4n) is 3.59. The van der Waals surface area contributed by atoms with Gasteiger partial charge in [0.15, 0.2) is 5.16 Å². The van der Waals surface area contributed by atoms with Crippen molar-refractivity contribution in [3.8, 4) is 17.2 Å². The van der Waals surface area contributed by atoms with Gasteiger partial charge in [-0.25, -0.2) is 0 Å². The van der Waals surface area contributed by atoms with Gasteiger partial charge in [-0.1, -0.05) is 24.8 Å². The van der Waals surface area contributed by atoms with Gasteiger partial charge in [-0.15, -0.1) is 10.2 Å². The van der Waals surface area contributed by atoms with Gasteiger partial charge in [0.2, 0.25) is 11.6 Å². The second kappa shape index (κ2) is 10.2. The Kier molecular flexibility index (Phi) is 7.11. The molecule has 1 amide bonds. The van der Waals surface area contributed by atoms with Crippen molar-refractivity contribution in [2.75, 3.05) is 19.5 Å². The Bertz CT molecular complexity index is 1450. The van der Waals surface area contributed by atoms with E-state index in [0.29, 0.717) is 28.8 Å². The van der Waals surface area contributed by atoms with Crippen LogP contribution in [-0.2, 0) is 4.79 Å². The third-order valence-electron chi connectivity index (χ3n) is 5.79. The number of carbonyl (C=O) groups is 1. The van der Waals surface area contributed by atoms with Crippen LogP contribution in [0.15, 0.2) is 58.7 Å². The molecule has 0 aliphatic carbocycles. The Balaban J connectivity index is 1.58. The third kappa shape index (κ3) is 4.88. The van der Waals surface area contributed by atoms with Gasteiger partial charge < -0.3 is 14.8 Å². The van der Waals surface area contributed by atoms with Crippen molar-refractivity contribution in [1.82, 2.24) is 19.2 Å². The van der Waals surface area contributed by atoms with Crippen LogP contribution in [-0.4, -0.2) is 44.5 Å². The maximum absolute atomic E-state index is 13.1.